The van der Waals surface area contributed by atoms with Crippen LogP contribution in [0.5, 0.6) is 23.0 Å². The lowest BCUT2D eigenvalue weighted by Crippen LogP contribution is -2.23. The van der Waals surface area contributed by atoms with Gasteiger partial charge in [-0.1, -0.05) is 64.1 Å². The minimum absolute atomic E-state index is 0.0695. The van der Waals surface area contributed by atoms with Gasteiger partial charge in [0.05, 0.1) is 0 Å². The van der Waals surface area contributed by atoms with Crippen molar-refractivity contribution in [3.8, 4) is 23.0 Å². The SMILES string of the molecule is Cc1c(O)ccc(C(C)(C)c2cccc(C(C)(C)c3ccc(O)c(C)c3O)c2)c1O. The van der Waals surface area contributed by atoms with Gasteiger partial charge in [-0.2, -0.15) is 0 Å². The third-order valence-electron chi connectivity index (χ3n) is 6.46. The van der Waals surface area contributed by atoms with Gasteiger partial charge in [0.2, 0.25) is 0 Å². The molecular weight excluding hydrogens is 376 g/mol. The van der Waals surface area contributed by atoms with E-state index in [4.69, 9.17) is 0 Å². The topological polar surface area (TPSA) is 80.9 Å². The highest BCUT2D eigenvalue weighted by Crippen LogP contribution is 2.44. The lowest BCUT2D eigenvalue weighted by molar-refractivity contribution is 0.429. The largest absolute Gasteiger partial charge is 0.508 e. The van der Waals surface area contributed by atoms with Crippen LogP contribution < -0.4 is 0 Å². The van der Waals surface area contributed by atoms with Gasteiger partial charge >= 0.3 is 0 Å². The van der Waals surface area contributed by atoms with Gasteiger partial charge in [0.1, 0.15) is 23.0 Å². The molecular formula is C26H30O4. The van der Waals surface area contributed by atoms with Crippen molar-refractivity contribution in [2.45, 2.75) is 52.4 Å². The number of rotatable bonds is 4. The normalized spacial score (nSPS) is 12.2. The molecule has 0 saturated carbocycles. The molecule has 158 valence electrons. The number of phenols is 4. The van der Waals surface area contributed by atoms with Crippen LogP contribution in [0.2, 0.25) is 0 Å². The third kappa shape index (κ3) is 3.36. The molecule has 0 heterocycles. The average Bonchev–Trinajstić information content (AvgIpc) is 2.70. The highest BCUT2D eigenvalue weighted by atomic mass is 16.3. The van der Waals surface area contributed by atoms with Crippen LogP contribution in [0.4, 0.5) is 0 Å². The molecule has 0 aliphatic heterocycles. The van der Waals surface area contributed by atoms with Crippen molar-refractivity contribution >= 4 is 0 Å². The molecule has 0 aliphatic rings. The van der Waals surface area contributed by atoms with Gasteiger partial charge in [-0.15, -0.1) is 0 Å². The van der Waals surface area contributed by atoms with Crippen LogP contribution in [0.1, 0.15) is 61.1 Å². The lowest BCUT2D eigenvalue weighted by Gasteiger charge is -2.32. The van der Waals surface area contributed by atoms with Crippen LogP contribution in [-0.2, 0) is 10.8 Å². The Kier molecular flexibility index (Phi) is 5.23. The lowest BCUT2D eigenvalue weighted by atomic mass is 9.72. The third-order valence-corrected chi connectivity index (χ3v) is 6.46. The molecule has 0 unspecified atom stereocenters. The Bertz CT molecular complexity index is 1030. The molecule has 0 spiro atoms. The molecule has 0 atom stereocenters. The Balaban J connectivity index is 2.12. The molecule has 0 saturated heterocycles. The van der Waals surface area contributed by atoms with E-state index < -0.39 is 10.8 Å². The molecule has 0 amide bonds. The first-order valence-corrected chi connectivity index (χ1v) is 10.0. The van der Waals surface area contributed by atoms with E-state index in [-0.39, 0.29) is 23.0 Å². The van der Waals surface area contributed by atoms with Crippen molar-refractivity contribution in [3.05, 3.63) is 81.9 Å². The second-order valence-corrected chi connectivity index (χ2v) is 9.04. The summed E-state index contributed by atoms with van der Waals surface area (Å²) >= 11 is 0. The van der Waals surface area contributed by atoms with Gasteiger partial charge in [-0.05, 0) is 37.1 Å². The van der Waals surface area contributed by atoms with Gasteiger partial charge < -0.3 is 20.4 Å². The summed E-state index contributed by atoms with van der Waals surface area (Å²) in [5, 5.41) is 41.1. The zero-order valence-corrected chi connectivity index (χ0v) is 18.4. The van der Waals surface area contributed by atoms with Gasteiger partial charge in [-0.25, -0.2) is 0 Å². The highest BCUT2D eigenvalue weighted by Gasteiger charge is 2.31. The monoisotopic (exact) mass is 406 g/mol. The summed E-state index contributed by atoms with van der Waals surface area (Å²) in [5.41, 5.74) is 3.37. The number of hydrogen-bond donors (Lipinski definition) is 4. The average molecular weight is 407 g/mol. The van der Waals surface area contributed by atoms with Gasteiger partial charge in [0.25, 0.3) is 0 Å². The predicted octanol–water partition coefficient (Wildman–Crippen LogP) is 5.78. The van der Waals surface area contributed by atoms with Crippen LogP contribution in [0, 0.1) is 13.8 Å². The van der Waals surface area contributed by atoms with Gasteiger partial charge in [0, 0.05) is 33.1 Å². The van der Waals surface area contributed by atoms with E-state index in [1.54, 1.807) is 38.1 Å². The maximum absolute atomic E-state index is 10.7. The van der Waals surface area contributed by atoms with E-state index in [0.717, 1.165) is 22.3 Å². The number of aromatic hydroxyl groups is 4. The van der Waals surface area contributed by atoms with Crippen LogP contribution in [0.15, 0.2) is 48.5 Å². The van der Waals surface area contributed by atoms with E-state index in [9.17, 15) is 20.4 Å². The van der Waals surface area contributed by atoms with Crippen LogP contribution in [-0.4, -0.2) is 20.4 Å². The van der Waals surface area contributed by atoms with E-state index in [1.807, 2.05) is 45.9 Å². The molecule has 3 rings (SSSR count). The fourth-order valence-corrected chi connectivity index (χ4v) is 4.00. The minimum atomic E-state index is -0.512. The smallest absolute Gasteiger partial charge is 0.126 e. The van der Waals surface area contributed by atoms with Crippen LogP contribution in [0.3, 0.4) is 0 Å². The molecule has 0 fully saturated rings. The van der Waals surface area contributed by atoms with Crippen molar-refractivity contribution < 1.29 is 20.4 Å². The molecule has 4 nitrogen and oxygen atoms in total. The summed E-state index contributed by atoms with van der Waals surface area (Å²) in [6, 6.07) is 14.8. The molecule has 0 aliphatic carbocycles. The first kappa shape index (κ1) is 21.6. The summed E-state index contributed by atoms with van der Waals surface area (Å²) in [6.07, 6.45) is 0. The summed E-state index contributed by atoms with van der Waals surface area (Å²) < 4.78 is 0. The Morgan fingerprint density at radius 2 is 0.933 bits per heavy atom. The highest BCUT2D eigenvalue weighted by molar-refractivity contribution is 5.56. The molecule has 0 bridgehead atoms. The van der Waals surface area contributed by atoms with Crippen molar-refractivity contribution in [3.63, 3.8) is 0 Å². The molecule has 3 aromatic carbocycles. The first-order chi connectivity index (χ1) is 13.9. The number of benzene rings is 3. The quantitative estimate of drug-likeness (QED) is 0.443. The Labute approximate surface area is 178 Å². The molecule has 3 aromatic rings. The second kappa shape index (κ2) is 7.28. The summed E-state index contributed by atoms with van der Waals surface area (Å²) in [6.45, 7) is 11.5. The van der Waals surface area contributed by atoms with E-state index in [2.05, 4.69) is 6.07 Å². The molecule has 4 heteroatoms. The van der Waals surface area contributed by atoms with Crippen molar-refractivity contribution in [2.24, 2.45) is 0 Å². The zero-order valence-electron chi connectivity index (χ0n) is 18.4. The van der Waals surface area contributed by atoms with E-state index in [1.165, 1.54) is 0 Å². The fourth-order valence-electron chi connectivity index (χ4n) is 4.00. The Hall–Kier alpha value is -3.14. The van der Waals surface area contributed by atoms with Crippen LogP contribution in [0.25, 0.3) is 0 Å². The minimum Gasteiger partial charge on any atom is -0.508 e. The van der Waals surface area contributed by atoms with Crippen LogP contribution >= 0.6 is 0 Å². The summed E-state index contributed by atoms with van der Waals surface area (Å²) in [4.78, 5) is 0. The first-order valence-electron chi connectivity index (χ1n) is 10.0. The maximum atomic E-state index is 10.7. The maximum Gasteiger partial charge on any atom is 0.126 e. The molecule has 30 heavy (non-hydrogen) atoms. The van der Waals surface area contributed by atoms with E-state index >= 15 is 0 Å². The number of phenolic OH excluding ortho intramolecular Hbond substituents is 4. The predicted molar refractivity (Wildman–Crippen MR) is 120 cm³/mol. The molecule has 4 N–H and O–H groups in total. The van der Waals surface area contributed by atoms with Crippen molar-refractivity contribution in [1.82, 2.24) is 0 Å². The fraction of sp³-hybridized carbons (Fsp3) is 0.308. The van der Waals surface area contributed by atoms with E-state index in [0.29, 0.717) is 11.1 Å². The summed E-state index contributed by atoms with van der Waals surface area (Å²) in [5.74, 6) is 0.327. The number of hydrogen-bond acceptors (Lipinski definition) is 4. The Morgan fingerprint density at radius 3 is 1.30 bits per heavy atom. The van der Waals surface area contributed by atoms with Gasteiger partial charge in [0.15, 0.2) is 0 Å². The molecule has 0 radical (unpaired) electrons. The Morgan fingerprint density at radius 1 is 0.567 bits per heavy atom. The van der Waals surface area contributed by atoms with Crippen molar-refractivity contribution in [2.75, 3.05) is 0 Å². The molecule has 0 aromatic heterocycles. The van der Waals surface area contributed by atoms with Gasteiger partial charge in [-0.3, -0.25) is 0 Å². The van der Waals surface area contributed by atoms with Crippen molar-refractivity contribution in [1.29, 1.82) is 0 Å². The standard InChI is InChI=1S/C26H30O4/c1-15-21(27)12-10-19(23(15)29)25(3,4)17-8-7-9-18(14-17)26(5,6)20-11-13-22(28)16(2)24(20)30/h7-14,27-30H,1-6H3. The second-order valence-electron chi connectivity index (χ2n) is 9.04. The summed E-state index contributed by atoms with van der Waals surface area (Å²) in [7, 11) is 0. The zero-order chi connectivity index (χ0) is 22.4.